The summed E-state index contributed by atoms with van der Waals surface area (Å²) in [5.74, 6) is 1.62. The standard InChI is InChI=1S/C13H13BrCl2NO/c1-13(2)11(7-14)18-12(17(13)3)8-4-5-9(15)10(16)6-8/h4-7H,1-3H3/q+1/b11-7-. The number of likely N-dealkylation sites (N-methyl/N-ethyl adjacent to an activating group) is 1. The Morgan fingerprint density at radius 3 is 2.44 bits per heavy atom. The first-order valence-electron chi connectivity index (χ1n) is 5.43. The van der Waals surface area contributed by atoms with Crippen molar-refractivity contribution in [3.63, 3.8) is 0 Å². The summed E-state index contributed by atoms with van der Waals surface area (Å²) >= 11 is 15.3. The van der Waals surface area contributed by atoms with E-state index in [2.05, 4.69) is 34.4 Å². The van der Waals surface area contributed by atoms with Crippen molar-refractivity contribution in [1.82, 2.24) is 0 Å². The van der Waals surface area contributed by atoms with Crippen LogP contribution < -0.4 is 0 Å². The Kier molecular flexibility index (Phi) is 3.77. The molecule has 0 saturated carbocycles. The van der Waals surface area contributed by atoms with Crippen molar-refractivity contribution >= 4 is 45.0 Å². The molecule has 0 aromatic heterocycles. The lowest BCUT2D eigenvalue weighted by Crippen LogP contribution is -2.32. The number of halogens is 3. The topological polar surface area (TPSA) is 12.2 Å². The van der Waals surface area contributed by atoms with E-state index in [9.17, 15) is 0 Å². The minimum atomic E-state index is -0.203. The molecule has 0 atom stereocenters. The molecule has 0 spiro atoms. The van der Waals surface area contributed by atoms with Crippen molar-refractivity contribution in [2.24, 2.45) is 0 Å². The van der Waals surface area contributed by atoms with Crippen molar-refractivity contribution in [2.45, 2.75) is 19.4 Å². The molecular weight excluding hydrogens is 337 g/mol. The van der Waals surface area contributed by atoms with Gasteiger partial charge in [-0.2, -0.15) is 4.58 Å². The van der Waals surface area contributed by atoms with E-state index in [4.69, 9.17) is 27.9 Å². The van der Waals surface area contributed by atoms with Crippen LogP contribution >= 0.6 is 39.1 Å². The molecular formula is C13H13BrCl2NO+. The van der Waals surface area contributed by atoms with Gasteiger partial charge in [0.15, 0.2) is 5.76 Å². The lowest BCUT2D eigenvalue weighted by Gasteiger charge is -2.11. The maximum atomic E-state index is 6.04. The highest BCUT2D eigenvalue weighted by Crippen LogP contribution is 2.32. The van der Waals surface area contributed by atoms with E-state index in [0.29, 0.717) is 10.0 Å². The van der Waals surface area contributed by atoms with Crippen molar-refractivity contribution in [3.8, 4) is 0 Å². The molecule has 0 amide bonds. The van der Waals surface area contributed by atoms with Crippen LogP contribution in [-0.4, -0.2) is 23.1 Å². The van der Waals surface area contributed by atoms with E-state index in [-0.39, 0.29) is 5.54 Å². The summed E-state index contributed by atoms with van der Waals surface area (Å²) in [6.07, 6.45) is 0. The van der Waals surface area contributed by atoms with Crippen LogP contribution in [0, 0.1) is 0 Å². The lowest BCUT2D eigenvalue weighted by atomic mass is 10.0. The van der Waals surface area contributed by atoms with Gasteiger partial charge in [-0.1, -0.05) is 39.1 Å². The van der Waals surface area contributed by atoms with Crippen LogP contribution in [0.1, 0.15) is 19.4 Å². The predicted octanol–water partition coefficient (Wildman–Crippen LogP) is 4.43. The first-order valence-corrected chi connectivity index (χ1v) is 7.10. The molecule has 0 fully saturated rings. The SMILES string of the molecule is C[N+]1=C(c2ccc(Cl)c(Cl)c2)O/C(=C\Br)C1(C)C. The second-order valence-electron chi connectivity index (χ2n) is 4.63. The molecule has 1 aliphatic heterocycles. The summed E-state index contributed by atoms with van der Waals surface area (Å²) < 4.78 is 7.94. The van der Waals surface area contributed by atoms with Gasteiger partial charge >= 0.3 is 5.90 Å². The maximum Gasteiger partial charge on any atom is 0.375 e. The average Bonchev–Trinajstić information content (AvgIpc) is 2.55. The van der Waals surface area contributed by atoms with Gasteiger partial charge in [0.25, 0.3) is 0 Å². The number of ether oxygens (including phenoxy) is 1. The lowest BCUT2D eigenvalue weighted by molar-refractivity contribution is -0.556. The average molecular weight is 350 g/mol. The third-order valence-corrected chi connectivity index (χ3v) is 4.37. The monoisotopic (exact) mass is 348 g/mol. The molecule has 1 aromatic rings. The normalized spacial score (nSPS) is 20.4. The highest BCUT2D eigenvalue weighted by Gasteiger charge is 2.45. The zero-order chi connectivity index (χ0) is 13.5. The number of hydrogen-bond acceptors (Lipinski definition) is 1. The molecule has 2 nitrogen and oxygen atoms in total. The summed E-state index contributed by atoms with van der Waals surface area (Å²) in [4.78, 5) is 1.80. The first-order chi connectivity index (χ1) is 8.37. The van der Waals surface area contributed by atoms with Crippen LogP contribution in [0.15, 0.2) is 28.9 Å². The van der Waals surface area contributed by atoms with E-state index in [1.165, 1.54) is 0 Å². The molecule has 96 valence electrons. The summed E-state index contributed by atoms with van der Waals surface area (Å²) in [5, 5.41) is 1.06. The summed E-state index contributed by atoms with van der Waals surface area (Å²) in [6.45, 7) is 4.18. The van der Waals surface area contributed by atoms with Crippen LogP contribution in [0.2, 0.25) is 10.0 Å². The fraction of sp³-hybridized carbons (Fsp3) is 0.308. The number of rotatable bonds is 1. The molecule has 1 aromatic carbocycles. The zero-order valence-electron chi connectivity index (χ0n) is 10.3. The van der Waals surface area contributed by atoms with Gasteiger partial charge in [-0.15, -0.1) is 0 Å². The molecule has 0 radical (unpaired) electrons. The predicted molar refractivity (Wildman–Crippen MR) is 78.9 cm³/mol. The molecule has 5 heteroatoms. The highest BCUT2D eigenvalue weighted by molar-refractivity contribution is 9.11. The van der Waals surface area contributed by atoms with Gasteiger partial charge < -0.3 is 4.74 Å². The van der Waals surface area contributed by atoms with Crippen LogP contribution in [0.5, 0.6) is 0 Å². The van der Waals surface area contributed by atoms with Crippen LogP contribution in [0.25, 0.3) is 0 Å². The summed E-state index contributed by atoms with van der Waals surface area (Å²) in [6, 6.07) is 5.47. The molecule has 0 bridgehead atoms. The van der Waals surface area contributed by atoms with E-state index in [0.717, 1.165) is 17.2 Å². The fourth-order valence-corrected chi connectivity index (χ4v) is 2.71. The van der Waals surface area contributed by atoms with Gasteiger partial charge in [-0.05, 0) is 18.2 Å². The van der Waals surface area contributed by atoms with Gasteiger partial charge in [0.05, 0.1) is 15.6 Å². The second kappa shape index (κ2) is 4.87. The third-order valence-electron chi connectivity index (χ3n) is 3.22. The highest BCUT2D eigenvalue weighted by atomic mass is 79.9. The number of nitrogens with zero attached hydrogens (tertiary/aromatic N) is 1. The Labute approximate surface area is 125 Å². The van der Waals surface area contributed by atoms with Gasteiger partial charge in [-0.25, -0.2) is 0 Å². The van der Waals surface area contributed by atoms with Crippen LogP contribution in [0.4, 0.5) is 0 Å². The molecule has 1 aliphatic rings. The molecule has 0 N–H and O–H groups in total. The Bertz CT molecular complexity index is 564. The Balaban J connectivity index is 2.52. The fourth-order valence-electron chi connectivity index (χ4n) is 1.75. The molecule has 0 unspecified atom stereocenters. The summed E-state index contributed by atoms with van der Waals surface area (Å²) in [5.41, 5.74) is 0.703. The van der Waals surface area contributed by atoms with Gasteiger partial charge in [0, 0.05) is 18.8 Å². The molecule has 18 heavy (non-hydrogen) atoms. The van der Waals surface area contributed by atoms with Crippen LogP contribution in [0.3, 0.4) is 0 Å². The van der Waals surface area contributed by atoms with Gasteiger partial charge in [0.1, 0.15) is 7.05 Å². The molecule has 0 aliphatic carbocycles. The summed E-state index contributed by atoms with van der Waals surface area (Å²) in [7, 11) is 1.99. The Hall–Kier alpha value is -0.510. The van der Waals surface area contributed by atoms with Crippen molar-refractivity contribution < 1.29 is 9.31 Å². The second-order valence-corrected chi connectivity index (χ2v) is 5.90. The van der Waals surface area contributed by atoms with Crippen molar-refractivity contribution in [3.05, 3.63) is 44.6 Å². The van der Waals surface area contributed by atoms with Crippen molar-refractivity contribution in [1.29, 1.82) is 0 Å². The smallest absolute Gasteiger partial charge is 0.375 e. The first kappa shape index (κ1) is 13.9. The Morgan fingerprint density at radius 2 is 1.94 bits per heavy atom. The zero-order valence-corrected chi connectivity index (χ0v) is 13.4. The molecule has 1 heterocycles. The third kappa shape index (κ3) is 2.20. The minimum Gasteiger partial charge on any atom is -0.401 e. The Morgan fingerprint density at radius 1 is 1.28 bits per heavy atom. The van der Waals surface area contributed by atoms with E-state index in [1.807, 2.05) is 19.2 Å². The number of hydrogen-bond donors (Lipinski definition) is 0. The van der Waals surface area contributed by atoms with E-state index in [1.54, 1.807) is 11.1 Å². The van der Waals surface area contributed by atoms with Gasteiger partial charge in [0.2, 0.25) is 5.54 Å². The molecule has 2 rings (SSSR count). The van der Waals surface area contributed by atoms with Crippen molar-refractivity contribution in [2.75, 3.05) is 7.05 Å². The van der Waals surface area contributed by atoms with Gasteiger partial charge in [-0.3, -0.25) is 0 Å². The minimum absolute atomic E-state index is 0.203. The quantitative estimate of drug-likeness (QED) is 0.683. The van der Waals surface area contributed by atoms with E-state index >= 15 is 0 Å². The largest absolute Gasteiger partial charge is 0.401 e. The molecule has 0 saturated heterocycles. The van der Waals surface area contributed by atoms with Crippen LogP contribution in [-0.2, 0) is 4.74 Å². The van der Waals surface area contributed by atoms with E-state index < -0.39 is 0 Å². The maximum absolute atomic E-state index is 6.04. The number of benzene rings is 1.